The summed E-state index contributed by atoms with van der Waals surface area (Å²) in [4.78, 5) is 23.9. The van der Waals surface area contributed by atoms with Gasteiger partial charge in [-0.3, -0.25) is 9.59 Å². The summed E-state index contributed by atoms with van der Waals surface area (Å²) in [5.41, 5.74) is 0. The van der Waals surface area contributed by atoms with E-state index in [0.717, 1.165) is 6.54 Å². The van der Waals surface area contributed by atoms with Crippen LogP contribution in [0.15, 0.2) is 0 Å². The van der Waals surface area contributed by atoms with Gasteiger partial charge in [-0.1, -0.05) is 6.92 Å². The third-order valence-corrected chi connectivity index (χ3v) is 3.21. The summed E-state index contributed by atoms with van der Waals surface area (Å²) >= 11 is 0. The Bertz CT molecular complexity index is 280. The predicted octanol–water partition coefficient (Wildman–Crippen LogP) is 0.982. The molecule has 1 amide bonds. The van der Waals surface area contributed by atoms with E-state index in [1.807, 2.05) is 6.92 Å². The van der Waals surface area contributed by atoms with Gasteiger partial charge in [0.2, 0.25) is 5.91 Å². The molecule has 5 heteroatoms. The van der Waals surface area contributed by atoms with Gasteiger partial charge in [0.25, 0.3) is 0 Å². The van der Waals surface area contributed by atoms with Gasteiger partial charge in [-0.05, 0) is 12.8 Å². The molecule has 0 aromatic rings. The van der Waals surface area contributed by atoms with Crippen molar-refractivity contribution in [2.45, 2.75) is 26.7 Å². The summed E-state index contributed by atoms with van der Waals surface area (Å²) in [5, 5.41) is 8.53. The van der Waals surface area contributed by atoms with E-state index in [9.17, 15) is 9.59 Å². The van der Waals surface area contributed by atoms with Gasteiger partial charge in [-0.2, -0.15) is 0 Å². The van der Waals surface area contributed by atoms with Gasteiger partial charge in [0.05, 0.1) is 13.0 Å². The Balaban J connectivity index is 2.36. The molecular formula is C12H21NO4. The highest BCUT2D eigenvalue weighted by Crippen LogP contribution is 2.23. The predicted molar refractivity (Wildman–Crippen MR) is 62.6 cm³/mol. The van der Waals surface area contributed by atoms with Crippen molar-refractivity contribution in [3.05, 3.63) is 0 Å². The average molecular weight is 243 g/mol. The minimum absolute atomic E-state index is 0.0572. The fourth-order valence-corrected chi connectivity index (χ4v) is 2.10. The van der Waals surface area contributed by atoms with Crippen molar-refractivity contribution in [1.82, 2.24) is 4.90 Å². The van der Waals surface area contributed by atoms with Crippen LogP contribution < -0.4 is 0 Å². The van der Waals surface area contributed by atoms with Crippen LogP contribution in [-0.4, -0.2) is 48.2 Å². The molecule has 0 radical (unpaired) electrons. The largest absolute Gasteiger partial charge is 0.481 e. The lowest BCUT2D eigenvalue weighted by atomic mass is 9.99. The molecule has 98 valence electrons. The molecule has 1 saturated heterocycles. The Morgan fingerprint density at radius 1 is 1.35 bits per heavy atom. The number of amides is 1. The molecule has 0 saturated carbocycles. The van der Waals surface area contributed by atoms with Crippen molar-refractivity contribution in [1.29, 1.82) is 0 Å². The van der Waals surface area contributed by atoms with Gasteiger partial charge in [0.15, 0.2) is 0 Å². The molecular weight excluding hydrogens is 222 g/mol. The second-order valence-corrected chi connectivity index (χ2v) is 4.59. The van der Waals surface area contributed by atoms with E-state index >= 15 is 0 Å². The van der Waals surface area contributed by atoms with Crippen LogP contribution in [0.4, 0.5) is 0 Å². The monoisotopic (exact) mass is 243 g/mol. The summed E-state index contributed by atoms with van der Waals surface area (Å²) in [7, 11) is 0. The standard InChI is InChI=1S/C12H21NO4/c1-3-17-8-10-7-13(6-9(10)2)11(14)4-5-12(15)16/h9-10H,3-8H2,1-2H3,(H,15,16)/t9-,10-/m1/s1. The Morgan fingerprint density at radius 2 is 2.06 bits per heavy atom. The molecule has 0 spiro atoms. The molecule has 0 aromatic carbocycles. The summed E-state index contributed by atoms with van der Waals surface area (Å²) < 4.78 is 5.38. The molecule has 1 heterocycles. The van der Waals surface area contributed by atoms with E-state index in [1.165, 1.54) is 0 Å². The number of likely N-dealkylation sites (tertiary alicyclic amines) is 1. The lowest BCUT2D eigenvalue weighted by Crippen LogP contribution is -2.29. The van der Waals surface area contributed by atoms with Gasteiger partial charge in [-0.25, -0.2) is 0 Å². The van der Waals surface area contributed by atoms with E-state index in [0.29, 0.717) is 31.6 Å². The Kier molecular flexibility index (Phi) is 5.41. The maximum absolute atomic E-state index is 11.7. The molecule has 1 rings (SSSR count). The molecule has 0 bridgehead atoms. The van der Waals surface area contributed by atoms with E-state index in [2.05, 4.69) is 6.92 Å². The van der Waals surface area contributed by atoms with Crippen LogP contribution in [0.25, 0.3) is 0 Å². The Morgan fingerprint density at radius 3 is 2.65 bits per heavy atom. The van der Waals surface area contributed by atoms with Crippen molar-refractivity contribution >= 4 is 11.9 Å². The number of hydrogen-bond donors (Lipinski definition) is 1. The molecule has 0 aromatic heterocycles. The first-order valence-electron chi connectivity index (χ1n) is 6.11. The normalized spacial score (nSPS) is 24.0. The number of carboxylic acid groups (broad SMARTS) is 1. The van der Waals surface area contributed by atoms with Gasteiger partial charge in [-0.15, -0.1) is 0 Å². The van der Waals surface area contributed by atoms with Crippen LogP contribution in [-0.2, 0) is 14.3 Å². The van der Waals surface area contributed by atoms with Gasteiger partial charge < -0.3 is 14.7 Å². The first kappa shape index (κ1) is 14.0. The van der Waals surface area contributed by atoms with E-state index < -0.39 is 5.97 Å². The second kappa shape index (κ2) is 6.59. The topological polar surface area (TPSA) is 66.8 Å². The van der Waals surface area contributed by atoms with Crippen molar-refractivity contribution < 1.29 is 19.4 Å². The van der Waals surface area contributed by atoms with E-state index in [1.54, 1.807) is 4.90 Å². The minimum atomic E-state index is -0.920. The number of carbonyl (C=O) groups is 2. The highest BCUT2D eigenvalue weighted by atomic mass is 16.5. The minimum Gasteiger partial charge on any atom is -0.481 e. The SMILES string of the molecule is CCOC[C@H]1CN(C(=O)CCC(=O)O)C[C@H]1C. The summed E-state index contributed by atoms with van der Waals surface area (Å²) in [6, 6.07) is 0. The molecule has 17 heavy (non-hydrogen) atoms. The molecule has 1 fully saturated rings. The van der Waals surface area contributed by atoms with Gasteiger partial charge in [0.1, 0.15) is 0 Å². The van der Waals surface area contributed by atoms with Crippen molar-refractivity contribution in [3.8, 4) is 0 Å². The maximum atomic E-state index is 11.7. The molecule has 2 atom stereocenters. The zero-order valence-electron chi connectivity index (χ0n) is 10.5. The number of carbonyl (C=O) groups excluding carboxylic acids is 1. The number of carboxylic acids is 1. The molecule has 5 nitrogen and oxygen atoms in total. The molecule has 0 aliphatic carbocycles. The van der Waals surface area contributed by atoms with Crippen LogP contribution in [0, 0.1) is 11.8 Å². The third-order valence-electron chi connectivity index (χ3n) is 3.21. The van der Waals surface area contributed by atoms with Crippen LogP contribution in [0.2, 0.25) is 0 Å². The zero-order chi connectivity index (χ0) is 12.8. The van der Waals surface area contributed by atoms with Crippen LogP contribution in [0.3, 0.4) is 0 Å². The third kappa shape index (κ3) is 4.34. The molecule has 1 aliphatic rings. The number of ether oxygens (including phenoxy) is 1. The summed E-state index contributed by atoms with van der Waals surface area (Å²) in [5.74, 6) is -0.172. The quantitative estimate of drug-likeness (QED) is 0.755. The van der Waals surface area contributed by atoms with Crippen LogP contribution in [0.5, 0.6) is 0 Å². The summed E-state index contributed by atoms with van der Waals surface area (Å²) in [6.07, 6.45) is 0.0171. The molecule has 0 unspecified atom stereocenters. The van der Waals surface area contributed by atoms with Crippen LogP contribution >= 0.6 is 0 Å². The number of rotatable bonds is 6. The number of hydrogen-bond acceptors (Lipinski definition) is 3. The van der Waals surface area contributed by atoms with Gasteiger partial charge >= 0.3 is 5.97 Å². The van der Waals surface area contributed by atoms with Crippen molar-refractivity contribution in [2.24, 2.45) is 11.8 Å². The fraction of sp³-hybridized carbons (Fsp3) is 0.833. The second-order valence-electron chi connectivity index (χ2n) is 4.59. The maximum Gasteiger partial charge on any atom is 0.303 e. The highest BCUT2D eigenvalue weighted by Gasteiger charge is 2.32. The lowest BCUT2D eigenvalue weighted by Gasteiger charge is -2.15. The first-order chi connectivity index (χ1) is 8.04. The van der Waals surface area contributed by atoms with Crippen LogP contribution in [0.1, 0.15) is 26.7 Å². The molecule has 1 N–H and O–H groups in total. The smallest absolute Gasteiger partial charge is 0.303 e. The Hall–Kier alpha value is -1.10. The fourth-order valence-electron chi connectivity index (χ4n) is 2.10. The summed E-state index contributed by atoms with van der Waals surface area (Å²) in [6.45, 7) is 6.84. The Labute approximate surface area is 102 Å². The van der Waals surface area contributed by atoms with Crippen molar-refractivity contribution in [3.63, 3.8) is 0 Å². The van der Waals surface area contributed by atoms with E-state index in [4.69, 9.17) is 9.84 Å². The first-order valence-corrected chi connectivity index (χ1v) is 6.11. The molecule has 1 aliphatic heterocycles. The van der Waals surface area contributed by atoms with Crippen molar-refractivity contribution in [2.75, 3.05) is 26.3 Å². The number of nitrogens with zero attached hydrogens (tertiary/aromatic N) is 1. The zero-order valence-corrected chi connectivity index (χ0v) is 10.5. The average Bonchev–Trinajstić information content (AvgIpc) is 2.65. The van der Waals surface area contributed by atoms with E-state index in [-0.39, 0.29) is 18.7 Å². The highest BCUT2D eigenvalue weighted by molar-refractivity contribution is 5.80. The van der Waals surface area contributed by atoms with Gasteiger partial charge in [0, 0.05) is 32.0 Å². The lowest BCUT2D eigenvalue weighted by molar-refractivity contribution is -0.140. The number of aliphatic carboxylic acids is 1.